The fraction of sp³-hybridized carbons (Fsp3) is 0.360. The van der Waals surface area contributed by atoms with E-state index in [-0.39, 0.29) is 29.9 Å². The highest BCUT2D eigenvalue weighted by Crippen LogP contribution is 2.33. The number of amides is 1. The number of hydrogen-bond acceptors (Lipinski definition) is 6. The van der Waals surface area contributed by atoms with Crippen LogP contribution in [0.1, 0.15) is 41.3 Å². The lowest BCUT2D eigenvalue weighted by Crippen LogP contribution is -2.37. The van der Waals surface area contributed by atoms with Gasteiger partial charge in [-0.05, 0) is 30.5 Å². The van der Waals surface area contributed by atoms with Crippen LogP contribution in [0.2, 0.25) is 0 Å². The van der Waals surface area contributed by atoms with Gasteiger partial charge in [-0.2, -0.15) is 18.2 Å². The van der Waals surface area contributed by atoms with E-state index < -0.39 is 11.7 Å². The van der Waals surface area contributed by atoms with Gasteiger partial charge in [-0.25, -0.2) is 9.97 Å². The fourth-order valence-corrected chi connectivity index (χ4v) is 4.29. The van der Waals surface area contributed by atoms with Gasteiger partial charge in [-0.3, -0.25) is 4.79 Å². The number of benzene rings is 1. The molecule has 1 fully saturated rings. The first kappa shape index (κ1) is 25.2. The van der Waals surface area contributed by atoms with Crippen LogP contribution in [0.15, 0.2) is 48.9 Å². The van der Waals surface area contributed by atoms with E-state index >= 15 is 0 Å². The molecule has 0 radical (unpaired) electrons. The highest BCUT2D eigenvalue weighted by atomic mass is 19.4. The molecule has 8 nitrogen and oxygen atoms in total. The van der Waals surface area contributed by atoms with E-state index in [1.165, 1.54) is 38.6 Å². The van der Waals surface area contributed by atoms with Crippen molar-refractivity contribution >= 4 is 12.0 Å². The van der Waals surface area contributed by atoms with E-state index in [0.29, 0.717) is 37.4 Å². The highest BCUT2D eigenvalue weighted by Gasteiger charge is 2.33. The molecule has 0 saturated carbocycles. The van der Waals surface area contributed by atoms with Crippen molar-refractivity contribution in [2.24, 2.45) is 0 Å². The Balaban J connectivity index is 1.39. The predicted molar refractivity (Wildman–Crippen MR) is 125 cm³/mol. The second-order valence-corrected chi connectivity index (χ2v) is 8.32. The molecule has 36 heavy (non-hydrogen) atoms. The number of piperidine rings is 1. The minimum absolute atomic E-state index is 0.0427. The third-order valence-electron chi connectivity index (χ3n) is 6.12. The van der Waals surface area contributed by atoms with Crippen LogP contribution in [0.3, 0.4) is 0 Å². The molecule has 1 amide bonds. The van der Waals surface area contributed by atoms with Gasteiger partial charge < -0.3 is 18.9 Å². The molecule has 190 valence electrons. The van der Waals surface area contributed by atoms with Crippen molar-refractivity contribution in [1.82, 2.24) is 24.4 Å². The molecule has 2 aromatic heterocycles. The van der Waals surface area contributed by atoms with Crippen LogP contribution in [-0.4, -0.2) is 57.6 Å². The van der Waals surface area contributed by atoms with E-state index in [1.807, 2.05) is 0 Å². The van der Waals surface area contributed by atoms with Crippen molar-refractivity contribution in [3.8, 4) is 11.9 Å². The maximum absolute atomic E-state index is 13.4. The predicted octanol–water partition coefficient (Wildman–Crippen LogP) is 4.18. The number of rotatable bonds is 7. The van der Waals surface area contributed by atoms with Crippen molar-refractivity contribution in [3.63, 3.8) is 0 Å². The molecule has 1 aliphatic heterocycles. The second-order valence-electron chi connectivity index (χ2n) is 8.32. The van der Waals surface area contributed by atoms with Crippen LogP contribution in [0.5, 0.6) is 11.9 Å². The van der Waals surface area contributed by atoms with Crippen LogP contribution >= 0.6 is 0 Å². The van der Waals surface area contributed by atoms with Crippen LogP contribution < -0.4 is 9.47 Å². The normalized spacial score (nSPS) is 14.9. The van der Waals surface area contributed by atoms with Gasteiger partial charge in [0, 0.05) is 50.2 Å². The lowest BCUT2D eigenvalue weighted by Gasteiger charge is -2.31. The van der Waals surface area contributed by atoms with Gasteiger partial charge in [-0.1, -0.05) is 18.2 Å². The quantitative estimate of drug-likeness (QED) is 0.452. The van der Waals surface area contributed by atoms with Crippen LogP contribution in [-0.2, 0) is 17.5 Å². The van der Waals surface area contributed by atoms with E-state index in [4.69, 9.17) is 9.47 Å². The summed E-state index contributed by atoms with van der Waals surface area (Å²) in [7, 11) is 2.92. The van der Waals surface area contributed by atoms with E-state index in [0.717, 1.165) is 11.9 Å². The van der Waals surface area contributed by atoms with Gasteiger partial charge >= 0.3 is 12.2 Å². The topological polar surface area (TPSA) is 82.4 Å². The first-order chi connectivity index (χ1) is 17.3. The molecule has 0 atom stereocenters. The zero-order valence-corrected chi connectivity index (χ0v) is 19.9. The lowest BCUT2D eigenvalue weighted by atomic mass is 9.95. The minimum atomic E-state index is -4.42. The van der Waals surface area contributed by atoms with Gasteiger partial charge in [-0.15, -0.1) is 0 Å². The van der Waals surface area contributed by atoms with Crippen molar-refractivity contribution in [3.05, 3.63) is 71.4 Å². The number of nitrogens with zero attached hydrogens (tertiary/aromatic N) is 5. The average molecular weight is 502 g/mol. The Bertz CT molecular complexity index is 1230. The monoisotopic (exact) mass is 501 g/mol. The Hall–Kier alpha value is -3.89. The summed E-state index contributed by atoms with van der Waals surface area (Å²) < 4.78 is 52.2. The molecule has 4 rings (SSSR count). The van der Waals surface area contributed by atoms with Crippen LogP contribution in [0.4, 0.5) is 13.2 Å². The summed E-state index contributed by atoms with van der Waals surface area (Å²) in [5, 5.41) is 0. The van der Waals surface area contributed by atoms with Gasteiger partial charge in [0.2, 0.25) is 11.8 Å². The summed E-state index contributed by atoms with van der Waals surface area (Å²) in [5.41, 5.74) is 0.0957. The summed E-state index contributed by atoms with van der Waals surface area (Å²) in [6.45, 7) is 1.10. The number of alkyl halides is 3. The molecular weight excluding hydrogens is 475 g/mol. The van der Waals surface area contributed by atoms with Gasteiger partial charge in [0.25, 0.3) is 0 Å². The first-order valence-electron chi connectivity index (χ1n) is 11.4. The number of carbonyl (C=O) groups excluding carboxylic acids is 1. The Morgan fingerprint density at radius 2 is 1.89 bits per heavy atom. The SMILES string of the molecule is COc1ncc(C=CC(=O)N2CCC(c3nccn3Cc3ccccc3C(F)(F)F)CC2)c(OC)n1. The molecule has 0 spiro atoms. The average Bonchev–Trinajstić information content (AvgIpc) is 3.35. The minimum Gasteiger partial charge on any atom is -0.480 e. The molecule has 3 heterocycles. The van der Waals surface area contributed by atoms with Gasteiger partial charge in [0.05, 0.1) is 25.3 Å². The lowest BCUT2D eigenvalue weighted by molar-refractivity contribution is -0.138. The van der Waals surface area contributed by atoms with Crippen molar-refractivity contribution in [2.45, 2.75) is 31.5 Å². The van der Waals surface area contributed by atoms with Crippen molar-refractivity contribution < 1.29 is 27.4 Å². The Morgan fingerprint density at radius 1 is 1.14 bits per heavy atom. The fourth-order valence-electron chi connectivity index (χ4n) is 4.29. The zero-order valence-electron chi connectivity index (χ0n) is 19.9. The Morgan fingerprint density at radius 3 is 2.58 bits per heavy atom. The smallest absolute Gasteiger partial charge is 0.416 e. The number of carbonyl (C=O) groups is 1. The molecule has 0 N–H and O–H groups in total. The summed E-state index contributed by atoms with van der Waals surface area (Å²) in [6, 6.07) is 5.74. The number of ether oxygens (including phenoxy) is 2. The maximum atomic E-state index is 13.4. The van der Waals surface area contributed by atoms with E-state index in [9.17, 15) is 18.0 Å². The largest absolute Gasteiger partial charge is 0.480 e. The van der Waals surface area contributed by atoms with Crippen molar-refractivity contribution in [1.29, 1.82) is 0 Å². The van der Waals surface area contributed by atoms with Crippen LogP contribution in [0, 0.1) is 0 Å². The Kier molecular flexibility index (Phi) is 7.56. The molecule has 0 unspecified atom stereocenters. The molecule has 0 aliphatic carbocycles. The maximum Gasteiger partial charge on any atom is 0.416 e. The molecule has 1 aliphatic rings. The van der Waals surface area contributed by atoms with E-state index in [1.54, 1.807) is 34.0 Å². The standard InChI is InChI=1S/C25H26F3N5O3/c1-35-23-18(15-30-24(31-23)36-2)7-8-21(34)32-12-9-17(10-13-32)22-29-11-14-33(22)16-19-5-3-4-6-20(19)25(26,27)28/h3-8,11,14-15,17H,9-10,12-13,16H2,1-2H3. The summed E-state index contributed by atoms with van der Waals surface area (Å²) in [4.78, 5) is 27.0. The van der Waals surface area contributed by atoms with Crippen molar-refractivity contribution in [2.75, 3.05) is 27.3 Å². The summed E-state index contributed by atoms with van der Waals surface area (Å²) in [6.07, 6.45) is 4.76. The third kappa shape index (κ3) is 5.67. The number of imidazole rings is 1. The van der Waals surface area contributed by atoms with Gasteiger partial charge in [0.15, 0.2) is 0 Å². The number of hydrogen-bond donors (Lipinski definition) is 0. The summed E-state index contributed by atoms with van der Waals surface area (Å²) in [5.74, 6) is 0.910. The number of halogens is 3. The van der Waals surface area contributed by atoms with E-state index in [2.05, 4.69) is 15.0 Å². The van der Waals surface area contributed by atoms with Gasteiger partial charge in [0.1, 0.15) is 5.82 Å². The first-order valence-corrected chi connectivity index (χ1v) is 11.4. The number of likely N-dealkylation sites (tertiary alicyclic amines) is 1. The Labute approximate surface area is 206 Å². The molecule has 0 bridgehead atoms. The highest BCUT2D eigenvalue weighted by molar-refractivity contribution is 5.92. The summed E-state index contributed by atoms with van der Waals surface area (Å²) >= 11 is 0. The van der Waals surface area contributed by atoms with Crippen LogP contribution in [0.25, 0.3) is 6.08 Å². The molecule has 1 aromatic carbocycles. The molecular formula is C25H26F3N5O3. The molecule has 1 saturated heterocycles. The molecule has 11 heteroatoms. The second kappa shape index (κ2) is 10.8. The number of aromatic nitrogens is 4. The number of methoxy groups -OCH3 is 2. The molecule has 3 aromatic rings. The zero-order chi connectivity index (χ0) is 25.7. The third-order valence-corrected chi connectivity index (χ3v) is 6.12.